The van der Waals surface area contributed by atoms with Gasteiger partial charge >= 0.3 is 0 Å². The Balaban J connectivity index is 0.00000192. The first-order chi connectivity index (χ1) is 10.6. The van der Waals surface area contributed by atoms with E-state index < -0.39 is 0 Å². The summed E-state index contributed by atoms with van der Waals surface area (Å²) in [4.78, 5) is 17.5. The number of halogens is 1. The summed E-state index contributed by atoms with van der Waals surface area (Å²) in [5.41, 5.74) is 6.69. The van der Waals surface area contributed by atoms with E-state index >= 15 is 0 Å². The topological polar surface area (TPSA) is 57.6 Å². The number of hydrazone groups is 1. The Morgan fingerprint density at radius 1 is 1.09 bits per heavy atom. The molecule has 1 unspecified atom stereocenters. The van der Waals surface area contributed by atoms with Crippen LogP contribution in [0.3, 0.4) is 0 Å². The monoisotopic (exact) mass is 330 g/mol. The van der Waals surface area contributed by atoms with E-state index in [0.717, 1.165) is 22.6 Å². The average Bonchev–Trinajstić information content (AvgIpc) is 2.55. The van der Waals surface area contributed by atoms with Gasteiger partial charge in [-0.1, -0.05) is 19.1 Å². The normalized spacial score (nSPS) is 16.9. The van der Waals surface area contributed by atoms with Crippen LogP contribution in [0, 0.1) is 5.92 Å². The number of nitrogens with one attached hydrogen (secondary N) is 1. The molecule has 2 heterocycles. The Hall–Kier alpha value is -2.40. The van der Waals surface area contributed by atoms with Gasteiger partial charge in [-0.3, -0.25) is 9.78 Å². The number of nitrogens with zero attached hydrogens (tertiary/aromatic N) is 3. The van der Waals surface area contributed by atoms with Crippen LogP contribution in [0.2, 0.25) is 0 Å². The molecule has 6 heteroatoms. The summed E-state index contributed by atoms with van der Waals surface area (Å²) < 4.78 is 0. The van der Waals surface area contributed by atoms with Gasteiger partial charge in [0.1, 0.15) is 0 Å². The second kappa shape index (κ2) is 7.24. The van der Waals surface area contributed by atoms with Crippen molar-refractivity contribution in [2.24, 2.45) is 11.0 Å². The Labute approximate surface area is 141 Å². The first-order valence-corrected chi connectivity index (χ1v) is 7.26. The van der Waals surface area contributed by atoms with Crippen molar-refractivity contribution in [1.82, 2.24) is 10.4 Å². The quantitative estimate of drug-likeness (QED) is 0.940. The minimum absolute atomic E-state index is 0. The fourth-order valence-corrected chi connectivity index (χ4v) is 2.57. The first-order valence-electron chi connectivity index (χ1n) is 7.26. The summed E-state index contributed by atoms with van der Waals surface area (Å²) in [6.07, 6.45) is 4.04. The van der Waals surface area contributed by atoms with E-state index in [4.69, 9.17) is 0 Å². The summed E-state index contributed by atoms with van der Waals surface area (Å²) in [5, 5.41) is 4.19. The van der Waals surface area contributed by atoms with Crippen LogP contribution >= 0.6 is 12.4 Å². The number of hydrogen-bond acceptors (Lipinski definition) is 4. The van der Waals surface area contributed by atoms with Crippen molar-refractivity contribution in [3.8, 4) is 0 Å². The molecule has 0 bridgehead atoms. The van der Waals surface area contributed by atoms with E-state index in [9.17, 15) is 4.79 Å². The molecule has 23 heavy (non-hydrogen) atoms. The summed E-state index contributed by atoms with van der Waals surface area (Å²) in [6, 6.07) is 12.1. The van der Waals surface area contributed by atoms with Gasteiger partial charge in [0.05, 0.1) is 5.71 Å². The molecule has 1 aromatic carbocycles. The largest absolute Gasteiger partial charge is 0.345 e. The van der Waals surface area contributed by atoms with Gasteiger partial charge < -0.3 is 4.90 Å². The van der Waals surface area contributed by atoms with Crippen molar-refractivity contribution in [2.45, 2.75) is 13.3 Å². The summed E-state index contributed by atoms with van der Waals surface area (Å²) >= 11 is 0. The number of hydrogen-bond donors (Lipinski definition) is 1. The first kappa shape index (κ1) is 17.0. The predicted octanol–water partition coefficient (Wildman–Crippen LogP) is 3.13. The highest BCUT2D eigenvalue weighted by atomic mass is 35.5. The van der Waals surface area contributed by atoms with Gasteiger partial charge in [0.2, 0.25) is 5.91 Å². The molecule has 0 spiro atoms. The van der Waals surface area contributed by atoms with Gasteiger partial charge in [0, 0.05) is 43.2 Å². The number of rotatable bonds is 3. The van der Waals surface area contributed by atoms with Crippen LogP contribution in [0.5, 0.6) is 0 Å². The highest BCUT2D eigenvalue weighted by molar-refractivity contribution is 6.05. The SMILES string of the molecule is CC1CC(=O)NN=C1c1ccc(N(C)c2ccncc2)cc1.Cl. The second-order valence-electron chi connectivity index (χ2n) is 5.45. The zero-order valence-electron chi connectivity index (χ0n) is 13.1. The van der Waals surface area contributed by atoms with E-state index in [1.807, 2.05) is 38.2 Å². The number of aromatic nitrogens is 1. The van der Waals surface area contributed by atoms with E-state index in [1.165, 1.54) is 0 Å². The zero-order chi connectivity index (χ0) is 15.5. The highest BCUT2D eigenvalue weighted by Gasteiger charge is 2.21. The number of anilines is 2. The second-order valence-corrected chi connectivity index (χ2v) is 5.45. The van der Waals surface area contributed by atoms with Gasteiger partial charge in [-0.15, -0.1) is 12.4 Å². The van der Waals surface area contributed by atoms with Crippen molar-refractivity contribution in [3.63, 3.8) is 0 Å². The lowest BCUT2D eigenvalue weighted by molar-refractivity contribution is -0.121. The van der Waals surface area contributed by atoms with E-state index in [-0.39, 0.29) is 24.2 Å². The lowest BCUT2D eigenvalue weighted by Crippen LogP contribution is -2.31. The molecule has 5 nitrogen and oxygen atoms in total. The molecule has 1 aliphatic heterocycles. The van der Waals surface area contributed by atoms with Crippen molar-refractivity contribution < 1.29 is 4.79 Å². The third kappa shape index (κ3) is 3.68. The third-order valence-corrected chi connectivity index (χ3v) is 3.86. The molecule has 1 aliphatic rings. The lowest BCUT2D eigenvalue weighted by Gasteiger charge is -2.21. The molecule has 0 aliphatic carbocycles. The molecule has 1 aromatic heterocycles. The van der Waals surface area contributed by atoms with Crippen molar-refractivity contribution in [2.75, 3.05) is 11.9 Å². The van der Waals surface area contributed by atoms with Crippen LogP contribution in [0.25, 0.3) is 0 Å². The average molecular weight is 331 g/mol. The Bertz CT molecular complexity index is 700. The summed E-state index contributed by atoms with van der Waals surface area (Å²) in [6.45, 7) is 2.02. The number of carbonyl (C=O) groups is 1. The number of amides is 1. The van der Waals surface area contributed by atoms with Crippen molar-refractivity contribution >= 4 is 35.4 Å². The summed E-state index contributed by atoms with van der Waals surface area (Å²) in [7, 11) is 2.02. The van der Waals surface area contributed by atoms with Gasteiger partial charge in [-0.2, -0.15) is 5.10 Å². The molecule has 2 aromatic rings. The molecular weight excluding hydrogens is 312 g/mol. The maximum atomic E-state index is 11.3. The minimum Gasteiger partial charge on any atom is -0.345 e. The van der Waals surface area contributed by atoms with Crippen LogP contribution in [0.15, 0.2) is 53.9 Å². The summed E-state index contributed by atoms with van der Waals surface area (Å²) in [5.74, 6) is 0.114. The number of benzene rings is 1. The molecule has 0 fully saturated rings. The van der Waals surface area contributed by atoms with Crippen LogP contribution in [-0.4, -0.2) is 23.7 Å². The fraction of sp³-hybridized carbons (Fsp3) is 0.235. The van der Waals surface area contributed by atoms with Crippen molar-refractivity contribution in [3.05, 3.63) is 54.4 Å². The van der Waals surface area contributed by atoms with E-state index in [0.29, 0.717) is 6.42 Å². The molecule has 1 N–H and O–H groups in total. The van der Waals surface area contributed by atoms with Crippen LogP contribution in [0.4, 0.5) is 11.4 Å². The molecule has 0 saturated heterocycles. The molecule has 120 valence electrons. The Morgan fingerprint density at radius 2 is 1.70 bits per heavy atom. The van der Waals surface area contributed by atoms with Gasteiger partial charge in [0.15, 0.2) is 0 Å². The molecular formula is C17H19ClN4O. The standard InChI is InChI=1S/C17H18N4O.ClH/c1-12-11-16(22)19-20-17(12)13-3-5-14(6-4-13)21(2)15-7-9-18-10-8-15;/h3-10,12H,11H2,1-2H3,(H,19,22);1H. The number of pyridine rings is 1. The van der Waals surface area contributed by atoms with Crippen LogP contribution < -0.4 is 10.3 Å². The molecule has 1 atom stereocenters. The zero-order valence-corrected chi connectivity index (χ0v) is 13.9. The highest BCUT2D eigenvalue weighted by Crippen LogP contribution is 2.24. The van der Waals surface area contributed by atoms with Crippen LogP contribution in [-0.2, 0) is 4.79 Å². The molecule has 3 rings (SSSR count). The molecule has 1 amide bonds. The molecule has 0 saturated carbocycles. The van der Waals surface area contributed by atoms with Gasteiger partial charge in [-0.05, 0) is 29.8 Å². The Kier molecular flexibility index (Phi) is 5.34. The van der Waals surface area contributed by atoms with E-state index in [2.05, 4.69) is 32.5 Å². The van der Waals surface area contributed by atoms with Crippen LogP contribution in [0.1, 0.15) is 18.9 Å². The predicted molar refractivity (Wildman–Crippen MR) is 94.5 cm³/mol. The van der Waals surface area contributed by atoms with Gasteiger partial charge in [0.25, 0.3) is 0 Å². The molecule has 0 radical (unpaired) electrons. The maximum absolute atomic E-state index is 11.3. The lowest BCUT2D eigenvalue weighted by atomic mass is 9.94. The number of carbonyl (C=O) groups excluding carboxylic acids is 1. The third-order valence-electron chi connectivity index (χ3n) is 3.86. The van der Waals surface area contributed by atoms with E-state index in [1.54, 1.807) is 12.4 Å². The Morgan fingerprint density at radius 3 is 2.30 bits per heavy atom. The van der Waals surface area contributed by atoms with Crippen molar-refractivity contribution in [1.29, 1.82) is 0 Å². The minimum atomic E-state index is -0.0229. The maximum Gasteiger partial charge on any atom is 0.240 e. The van der Waals surface area contributed by atoms with Gasteiger partial charge in [-0.25, -0.2) is 5.43 Å². The fourth-order valence-electron chi connectivity index (χ4n) is 2.57. The smallest absolute Gasteiger partial charge is 0.240 e.